The van der Waals surface area contributed by atoms with Crippen LogP contribution in [0.4, 0.5) is 0 Å². The Balaban J connectivity index is 1.77. The molecular weight excluding hydrogens is 328 g/mol. The van der Waals surface area contributed by atoms with Gasteiger partial charge in [-0.15, -0.1) is 0 Å². The van der Waals surface area contributed by atoms with Gasteiger partial charge in [0.05, 0.1) is 11.1 Å². The lowest BCUT2D eigenvalue weighted by Crippen LogP contribution is -2.33. The monoisotopic (exact) mass is 358 g/mol. The van der Waals surface area contributed by atoms with Crippen molar-refractivity contribution in [3.05, 3.63) is 34.9 Å². The molecule has 1 aliphatic rings. The first-order valence-electron chi connectivity index (χ1n) is 9.71. The van der Waals surface area contributed by atoms with E-state index in [4.69, 9.17) is 0 Å². The summed E-state index contributed by atoms with van der Waals surface area (Å²) in [6, 6.07) is 5.30. The molecule has 0 aromatic heterocycles. The van der Waals surface area contributed by atoms with Crippen molar-refractivity contribution in [1.82, 2.24) is 10.2 Å². The summed E-state index contributed by atoms with van der Waals surface area (Å²) in [7, 11) is 0. The van der Waals surface area contributed by atoms with Gasteiger partial charge in [0.15, 0.2) is 0 Å². The highest BCUT2D eigenvalue weighted by atomic mass is 16.2. The average molecular weight is 358 g/mol. The average Bonchev–Trinajstić information content (AvgIpc) is 2.86. The summed E-state index contributed by atoms with van der Waals surface area (Å²) in [5.41, 5.74) is 1.90. The molecule has 142 valence electrons. The molecule has 3 amide bonds. The van der Waals surface area contributed by atoms with Crippen molar-refractivity contribution in [1.29, 1.82) is 0 Å². The quantitative estimate of drug-likeness (QED) is 0.649. The van der Waals surface area contributed by atoms with E-state index < -0.39 is 0 Å². The molecule has 1 N–H and O–H groups in total. The van der Waals surface area contributed by atoms with Crippen molar-refractivity contribution in [3.63, 3.8) is 0 Å². The first-order chi connectivity index (χ1) is 12.5. The van der Waals surface area contributed by atoms with Gasteiger partial charge in [-0.3, -0.25) is 19.3 Å². The minimum Gasteiger partial charge on any atom is -0.356 e. The first-order valence-corrected chi connectivity index (χ1v) is 9.71. The van der Waals surface area contributed by atoms with Crippen LogP contribution < -0.4 is 5.32 Å². The minimum atomic E-state index is -0.254. The first kappa shape index (κ1) is 20.1. The molecule has 2 rings (SSSR count). The number of aryl methyl sites for hydroxylation is 1. The molecule has 1 aliphatic heterocycles. The summed E-state index contributed by atoms with van der Waals surface area (Å²) >= 11 is 0. The Labute approximate surface area is 156 Å². The number of unbranched alkanes of at least 4 members (excludes halogenated alkanes) is 1. The second-order valence-corrected chi connectivity index (χ2v) is 7.14. The molecule has 1 unspecified atom stereocenters. The molecule has 0 saturated carbocycles. The molecule has 5 nitrogen and oxygen atoms in total. The summed E-state index contributed by atoms with van der Waals surface area (Å²) in [4.78, 5) is 38.0. The van der Waals surface area contributed by atoms with E-state index in [1.165, 1.54) is 17.7 Å². The molecule has 0 bridgehead atoms. The van der Waals surface area contributed by atoms with Crippen LogP contribution in [-0.4, -0.2) is 35.7 Å². The topological polar surface area (TPSA) is 66.5 Å². The number of fused-ring (bicyclic) bond motifs is 1. The zero-order valence-corrected chi connectivity index (χ0v) is 16.1. The molecule has 0 aliphatic carbocycles. The molecule has 0 spiro atoms. The summed E-state index contributed by atoms with van der Waals surface area (Å²) < 4.78 is 0. The third kappa shape index (κ3) is 4.93. The highest BCUT2D eigenvalue weighted by molar-refractivity contribution is 6.21. The van der Waals surface area contributed by atoms with Crippen LogP contribution in [0.3, 0.4) is 0 Å². The van der Waals surface area contributed by atoms with Gasteiger partial charge in [0.2, 0.25) is 5.91 Å². The maximum atomic E-state index is 12.4. The molecule has 0 fully saturated rings. The predicted octanol–water partition coefficient (Wildman–Crippen LogP) is 3.70. The fourth-order valence-corrected chi connectivity index (χ4v) is 3.30. The molecule has 5 heteroatoms. The van der Waals surface area contributed by atoms with Gasteiger partial charge in [-0.25, -0.2) is 0 Å². The number of nitrogens with one attached hydrogen (secondary N) is 1. The lowest BCUT2D eigenvalue weighted by molar-refractivity contribution is -0.121. The SMILES string of the molecule is CCCCC(CC)CNC(=O)CCCN1C(=O)c2ccc(C)cc2C1=O. The lowest BCUT2D eigenvalue weighted by Gasteiger charge is -2.16. The Bertz CT molecular complexity index is 669. The maximum absolute atomic E-state index is 12.4. The second-order valence-electron chi connectivity index (χ2n) is 7.14. The zero-order chi connectivity index (χ0) is 19.1. The van der Waals surface area contributed by atoms with E-state index >= 15 is 0 Å². The molecule has 26 heavy (non-hydrogen) atoms. The molecule has 0 saturated heterocycles. The Kier molecular flexibility index (Phi) is 7.37. The minimum absolute atomic E-state index is 0.00704. The van der Waals surface area contributed by atoms with Crippen LogP contribution in [0.25, 0.3) is 0 Å². The van der Waals surface area contributed by atoms with E-state index in [-0.39, 0.29) is 24.3 Å². The zero-order valence-electron chi connectivity index (χ0n) is 16.1. The number of rotatable bonds is 10. The Hall–Kier alpha value is -2.17. The second kappa shape index (κ2) is 9.51. The Morgan fingerprint density at radius 1 is 1.12 bits per heavy atom. The Morgan fingerprint density at radius 3 is 2.54 bits per heavy atom. The van der Waals surface area contributed by atoms with Gasteiger partial charge in [0.25, 0.3) is 11.8 Å². The van der Waals surface area contributed by atoms with Gasteiger partial charge in [0, 0.05) is 19.5 Å². The molecular formula is C21H30N2O3. The van der Waals surface area contributed by atoms with Crippen molar-refractivity contribution in [2.45, 2.75) is 59.3 Å². The van der Waals surface area contributed by atoms with Gasteiger partial charge in [-0.05, 0) is 37.8 Å². The van der Waals surface area contributed by atoms with Gasteiger partial charge in [-0.1, -0.05) is 44.7 Å². The number of benzene rings is 1. The molecule has 1 aromatic carbocycles. The summed E-state index contributed by atoms with van der Waals surface area (Å²) in [5, 5.41) is 2.99. The van der Waals surface area contributed by atoms with Gasteiger partial charge in [-0.2, -0.15) is 0 Å². The van der Waals surface area contributed by atoms with Crippen LogP contribution in [-0.2, 0) is 4.79 Å². The highest BCUT2D eigenvalue weighted by Gasteiger charge is 2.34. The van der Waals surface area contributed by atoms with Crippen molar-refractivity contribution in [3.8, 4) is 0 Å². The van der Waals surface area contributed by atoms with Crippen molar-refractivity contribution >= 4 is 17.7 Å². The molecule has 1 heterocycles. The smallest absolute Gasteiger partial charge is 0.261 e. The largest absolute Gasteiger partial charge is 0.356 e. The van der Waals surface area contributed by atoms with Gasteiger partial charge >= 0.3 is 0 Å². The third-order valence-corrected chi connectivity index (χ3v) is 5.04. The molecule has 1 atom stereocenters. The van der Waals surface area contributed by atoms with Crippen LogP contribution >= 0.6 is 0 Å². The van der Waals surface area contributed by atoms with E-state index in [1.807, 2.05) is 13.0 Å². The van der Waals surface area contributed by atoms with Crippen molar-refractivity contribution < 1.29 is 14.4 Å². The van der Waals surface area contributed by atoms with Gasteiger partial charge in [0.1, 0.15) is 0 Å². The van der Waals surface area contributed by atoms with E-state index in [0.717, 1.165) is 18.4 Å². The number of carbonyl (C=O) groups excluding carboxylic acids is 3. The summed E-state index contributed by atoms with van der Waals surface area (Å²) in [6.45, 7) is 7.21. The number of carbonyl (C=O) groups is 3. The van der Waals surface area contributed by atoms with Crippen molar-refractivity contribution in [2.75, 3.05) is 13.1 Å². The summed E-state index contributed by atoms with van der Waals surface area (Å²) in [5.74, 6) is 0.0153. The third-order valence-electron chi connectivity index (χ3n) is 5.04. The van der Waals surface area contributed by atoms with E-state index in [9.17, 15) is 14.4 Å². The maximum Gasteiger partial charge on any atom is 0.261 e. The van der Waals surface area contributed by atoms with Crippen LogP contribution in [0.15, 0.2) is 18.2 Å². The van der Waals surface area contributed by atoms with Crippen LogP contribution in [0, 0.1) is 12.8 Å². The number of imide groups is 1. The fraction of sp³-hybridized carbons (Fsp3) is 0.571. The normalized spacial score (nSPS) is 14.5. The number of hydrogen-bond donors (Lipinski definition) is 1. The fourth-order valence-electron chi connectivity index (χ4n) is 3.30. The van der Waals surface area contributed by atoms with E-state index in [1.54, 1.807) is 12.1 Å². The van der Waals surface area contributed by atoms with Crippen LogP contribution in [0.1, 0.15) is 78.7 Å². The Morgan fingerprint density at radius 2 is 1.85 bits per heavy atom. The molecule has 1 aromatic rings. The number of hydrogen-bond acceptors (Lipinski definition) is 3. The van der Waals surface area contributed by atoms with Gasteiger partial charge < -0.3 is 5.32 Å². The standard InChI is InChI=1S/C21H30N2O3/c1-4-6-8-16(5-2)14-22-19(24)9-7-12-23-20(25)17-11-10-15(3)13-18(17)21(23)26/h10-11,13,16H,4-9,12,14H2,1-3H3,(H,22,24). The van der Waals surface area contributed by atoms with Crippen LogP contribution in [0.2, 0.25) is 0 Å². The highest BCUT2D eigenvalue weighted by Crippen LogP contribution is 2.24. The summed E-state index contributed by atoms with van der Waals surface area (Å²) in [6.07, 6.45) is 5.38. The predicted molar refractivity (Wildman–Crippen MR) is 102 cm³/mol. The number of nitrogens with zero attached hydrogens (tertiary/aromatic N) is 1. The van der Waals surface area contributed by atoms with E-state index in [2.05, 4.69) is 19.2 Å². The lowest BCUT2D eigenvalue weighted by atomic mass is 9.99. The van der Waals surface area contributed by atoms with Crippen molar-refractivity contribution in [2.24, 2.45) is 5.92 Å². The molecule has 0 radical (unpaired) electrons. The van der Waals surface area contributed by atoms with Crippen LogP contribution in [0.5, 0.6) is 0 Å². The van der Waals surface area contributed by atoms with E-state index in [0.29, 0.717) is 36.4 Å². The number of amides is 3.